The molecule has 0 fully saturated rings. The molecule has 0 unspecified atom stereocenters. The number of allylic oxidation sites excluding steroid dienone is 2. The third-order valence-corrected chi connectivity index (χ3v) is 2.96. The number of ether oxygens (including phenoxy) is 1. The number of fused-ring (bicyclic) bond motifs is 1. The Hall–Kier alpha value is -1.65. The average molecular weight is 266 g/mol. The minimum atomic E-state index is -0.199. The molecule has 0 aliphatic heterocycles. The minimum absolute atomic E-state index is 0.184. The number of benzene rings is 1. The van der Waals surface area contributed by atoms with E-state index in [0.29, 0.717) is 35.0 Å². The lowest BCUT2D eigenvalue weighted by Gasteiger charge is -2.14. The predicted molar refractivity (Wildman–Crippen MR) is 69.6 cm³/mol. The molecule has 0 amide bonds. The summed E-state index contributed by atoms with van der Waals surface area (Å²) < 4.78 is 4.92. The van der Waals surface area contributed by atoms with Crippen molar-refractivity contribution in [3.05, 3.63) is 40.4 Å². The van der Waals surface area contributed by atoms with Gasteiger partial charge in [-0.15, -0.1) is 0 Å². The number of anilines is 1. The highest BCUT2D eigenvalue weighted by molar-refractivity contribution is 6.34. The van der Waals surface area contributed by atoms with Crippen LogP contribution in [0.15, 0.2) is 24.3 Å². The quantitative estimate of drug-likeness (QED) is 0.849. The molecule has 1 aliphatic carbocycles. The van der Waals surface area contributed by atoms with Gasteiger partial charge in [-0.1, -0.05) is 11.6 Å². The van der Waals surface area contributed by atoms with Gasteiger partial charge in [0.2, 0.25) is 0 Å². The highest BCUT2D eigenvalue weighted by atomic mass is 35.5. The Morgan fingerprint density at radius 2 is 1.78 bits per heavy atom. The van der Waals surface area contributed by atoms with Crippen molar-refractivity contribution in [2.45, 2.75) is 0 Å². The van der Waals surface area contributed by atoms with E-state index in [2.05, 4.69) is 5.32 Å². The first kappa shape index (κ1) is 12.8. The molecule has 0 bridgehead atoms. The normalized spacial score (nSPS) is 13.7. The van der Waals surface area contributed by atoms with E-state index in [-0.39, 0.29) is 11.6 Å². The van der Waals surface area contributed by atoms with Crippen LogP contribution in [-0.4, -0.2) is 31.8 Å². The summed E-state index contributed by atoms with van der Waals surface area (Å²) in [5.41, 5.74) is 1.36. The first-order valence-corrected chi connectivity index (χ1v) is 5.84. The van der Waals surface area contributed by atoms with E-state index < -0.39 is 0 Å². The predicted octanol–water partition coefficient (Wildman–Crippen LogP) is 2.33. The Labute approximate surface area is 110 Å². The summed E-state index contributed by atoms with van der Waals surface area (Å²) in [6, 6.07) is 3.13. The highest BCUT2D eigenvalue weighted by Crippen LogP contribution is 2.28. The Balaban J connectivity index is 2.33. The summed E-state index contributed by atoms with van der Waals surface area (Å²) in [6.45, 7) is 1.10. The number of hydrogen-bond donors (Lipinski definition) is 1. The van der Waals surface area contributed by atoms with Crippen LogP contribution in [0.1, 0.15) is 20.7 Å². The summed E-state index contributed by atoms with van der Waals surface area (Å²) in [5, 5.41) is 3.47. The smallest absolute Gasteiger partial charge is 0.186 e. The summed E-state index contributed by atoms with van der Waals surface area (Å²) in [6.07, 6.45) is 2.54. The zero-order chi connectivity index (χ0) is 13.1. The monoisotopic (exact) mass is 265 g/mol. The molecule has 0 heterocycles. The van der Waals surface area contributed by atoms with Gasteiger partial charge in [0, 0.05) is 24.8 Å². The number of nitrogens with one attached hydrogen (secondary N) is 1. The van der Waals surface area contributed by atoms with Crippen molar-refractivity contribution in [2.75, 3.05) is 25.6 Å². The number of carbonyl (C=O) groups is 2. The maximum absolute atomic E-state index is 11.7. The standard InChI is InChI=1S/C13H12ClNO3/c1-18-5-4-15-11-7-9-8(6-10(11)14)12(16)2-3-13(9)17/h2-3,6-7,15H,4-5H2,1H3. The zero-order valence-electron chi connectivity index (χ0n) is 9.83. The molecule has 1 aromatic carbocycles. The van der Waals surface area contributed by atoms with Gasteiger partial charge in [0.1, 0.15) is 0 Å². The fourth-order valence-electron chi connectivity index (χ4n) is 1.74. The molecule has 0 aromatic heterocycles. The molecule has 2 rings (SSSR count). The number of halogens is 1. The van der Waals surface area contributed by atoms with Crippen molar-refractivity contribution in [2.24, 2.45) is 0 Å². The maximum atomic E-state index is 11.7. The minimum Gasteiger partial charge on any atom is -0.383 e. The van der Waals surface area contributed by atoms with E-state index in [9.17, 15) is 9.59 Å². The first-order valence-electron chi connectivity index (χ1n) is 5.46. The van der Waals surface area contributed by atoms with Crippen molar-refractivity contribution in [3.8, 4) is 0 Å². The first-order chi connectivity index (χ1) is 8.63. The van der Waals surface area contributed by atoms with Crippen molar-refractivity contribution in [1.82, 2.24) is 0 Å². The molecule has 0 radical (unpaired) electrons. The molecule has 4 nitrogen and oxygen atoms in total. The van der Waals surface area contributed by atoms with Crippen LogP contribution in [0.25, 0.3) is 0 Å². The second-order valence-corrected chi connectivity index (χ2v) is 4.27. The SMILES string of the molecule is COCCNc1cc2c(cc1Cl)C(=O)C=CC2=O. The van der Waals surface area contributed by atoms with Crippen LogP contribution < -0.4 is 5.32 Å². The van der Waals surface area contributed by atoms with Crippen LogP contribution >= 0.6 is 11.6 Å². The zero-order valence-corrected chi connectivity index (χ0v) is 10.6. The van der Waals surface area contributed by atoms with Crippen LogP contribution in [0.3, 0.4) is 0 Å². The summed E-state index contributed by atoms with van der Waals surface area (Å²) in [5.74, 6) is -0.383. The van der Waals surface area contributed by atoms with Crippen LogP contribution in [0.2, 0.25) is 5.02 Å². The molecule has 0 atom stereocenters. The molecule has 0 saturated carbocycles. The Morgan fingerprint density at radius 1 is 1.17 bits per heavy atom. The van der Waals surface area contributed by atoms with Gasteiger partial charge in [-0.05, 0) is 24.3 Å². The van der Waals surface area contributed by atoms with Crippen LogP contribution in [-0.2, 0) is 4.74 Å². The number of methoxy groups -OCH3 is 1. The molecule has 1 N–H and O–H groups in total. The lowest BCUT2D eigenvalue weighted by Crippen LogP contribution is -2.14. The van der Waals surface area contributed by atoms with Crippen molar-refractivity contribution in [3.63, 3.8) is 0 Å². The largest absolute Gasteiger partial charge is 0.383 e. The van der Waals surface area contributed by atoms with Gasteiger partial charge in [-0.2, -0.15) is 0 Å². The number of rotatable bonds is 4. The van der Waals surface area contributed by atoms with Gasteiger partial charge >= 0.3 is 0 Å². The Morgan fingerprint density at radius 3 is 2.39 bits per heavy atom. The van der Waals surface area contributed by atoms with Gasteiger partial charge in [-0.3, -0.25) is 9.59 Å². The molecular formula is C13H12ClNO3. The molecule has 0 saturated heterocycles. The van der Waals surface area contributed by atoms with Gasteiger partial charge in [-0.25, -0.2) is 0 Å². The van der Waals surface area contributed by atoms with E-state index >= 15 is 0 Å². The summed E-state index contributed by atoms with van der Waals surface area (Å²) in [7, 11) is 1.60. The maximum Gasteiger partial charge on any atom is 0.186 e. The lowest BCUT2D eigenvalue weighted by molar-refractivity contribution is 0.0994. The third kappa shape index (κ3) is 2.44. The van der Waals surface area contributed by atoms with E-state index in [1.54, 1.807) is 13.2 Å². The molecule has 18 heavy (non-hydrogen) atoms. The Kier molecular flexibility index (Phi) is 3.79. The molecule has 0 spiro atoms. The topological polar surface area (TPSA) is 55.4 Å². The lowest BCUT2D eigenvalue weighted by atomic mass is 9.94. The molecule has 1 aliphatic rings. The van der Waals surface area contributed by atoms with Gasteiger partial charge in [0.25, 0.3) is 0 Å². The van der Waals surface area contributed by atoms with Gasteiger partial charge in [0.15, 0.2) is 11.6 Å². The number of hydrogen-bond acceptors (Lipinski definition) is 4. The third-order valence-electron chi connectivity index (χ3n) is 2.65. The van der Waals surface area contributed by atoms with Crippen LogP contribution in [0.4, 0.5) is 5.69 Å². The Bertz CT molecular complexity index is 537. The number of carbonyl (C=O) groups excluding carboxylic acids is 2. The number of ketones is 2. The van der Waals surface area contributed by atoms with E-state index in [0.717, 1.165) is 0 Å². The summed E-state index contributed by atoms with van der Waals surface area (Å²) >= 11 is 6.06. The van der Waals surface area contributed by atoms with Crippen LogP contribution in [0, 0.1) is 0 Å². The van der Waals surface area contributed by atoms with Crippen molar-refractivity contribution >= 4 is 28.9 Å². The van der Waals surface area contributed by atoms with Crippen molar-refractivity contribution < 1.29 is 14.3 Å². The molecular weight excluding hydrogens is 254 g/mol. The molecule has 94 valence electrons. The second-order valence-electron chi connectivity index (χ2n) is 3.86. The van der Waals surface area contributed by atoms with E-state index in [1.807, 2.05) is 0 Å². The van der Waals surface area contributed by atoms with E-state index in [4.69, 9.17) is 16.3 Å². The van der Waals surface area contributed by atoms with Gasteiger partial charge in [0.05, 0.1) is 17.3 Å². The average Bonchev–Trinajstić information content (AvgIpc) is 2.36. The second kappa shape index (κ2) is 5.33. The van der Waals surface area contributed by atoms with E-state index in [1.165, 1.54) is 18.2 Å². The molecule has 5 heteroatoms. The highest BCUT2D eigenvalue weighted by Gasteiger charge is 2.20. The fourth-order valence-corrected chi connectivity index (χ4v) is 1.97. The summed E-state index contributed by atoms with van der Waals surface area (Å²) in [4.78, 5) is 23.3. The molecule has 1 aromatic rings. The fraction of sp³-hybridized carbons (Fsp3) is 0.231. The van der Waals surface area contributed by atoms with Crippen molar-refractivity contribution in [1.29, 1.82) is 0 Å². The van der Waals surface area contributed by atoms with Gasteiger partial charge < -0.3 is 10.1 Å². The van der Waals surface area contributed by atoms with Crippen LogP contribution in [0.5, 0.6) is 0 Å².